The number of hydrogen-bond acceptors (Lipinski definition) is 5. The Kier molecular flexibility index (Phi) is 4.05. The van der Waals surface area contributed by atoms with Gasteiger partial charge in [0.05, 0.1) is 9.72 Å². The standard InChI is InChI=1S/C12H13BrN2O3S/c1-3-10(13)12-15-14-11(18-12)8-5-4-6-9(7-8)19(2,16)17/h4-7,10H,3H2,1-2H3. The predicted octanol–water partition coefficient (Wildman–Crippen LogP) is 2.99. The molecular weight excluding hydrogens is 332 g/mol. The quantitative estimate of drug-likeness (QED) is 0.797. The lowest BCUT2D eigenvalue weighted by Gasteiger charge is -2.00. The van der Waals surface area contributed by atoms with E-state index in [1.165, 1.54) is 12.1 Å². The van der Waals surface area contributed by atoms with Crippen molar-refractivity contribution in [3.63, 3.8) is 0 Å². The van der Waals surface area contributed by atoms with E-state index in [2.05, 4.69) is 26.1 Å². The van der Waals surface area contributed by atoms with Crippen LogP contribution in [0.3, 0.4) is 0 Å². The van der Waals surface area contributed by atoms with Gasteiger partial charge in [-0.2, -0.15) is 0 Å². The van der Waals surface area contributed by atoms with E-state index >= 15 is 0 Å². The third-order valence-electron chi connectivity index (χ3n) is 2.58. The van der Waals surface area contributed by atoms with Gasteiger partial charge in [0.1, 0.15) is 0 Å². The first-order chi connectivity index (χ1) is 8.91. The molecule has 0 N–H and O–H groups in total. The summed E-state index contributed by atoms with van der Waals surface area (Å²) < 4.78 is 28.5. The van der Waals surface area contributed by atoms with Crippen LogP contribution in [0.2, 0.25) is 0 Å². The second kappa shape index (κ2) is 5.42. The van der Waals surface area contributed by atoms with Crippen LogP contribution in [0, 0.1) is 0 Å². The van der Waals surface area contributed by atoms with Crippen LogP contribution in [0.5, 0.6) is 0 Å². The second-order valence-corrected chi connectivity index (χ2v) is 7.24. The number of hydrogen-bond donors (Lipinski definition) is 0. The number of alkyl halides is 1. The van der Waals surface area contributed by atoms with Crippen molar-refractivity contribution in [2.45, 2.75) is 23.1 Å². The van der Waals surface area contributed by atoms with E-state index in [4.69, 9.17) is 4.42 Å². The second-order valence-electron chi connectivity index (χ2n) is 4.12. The Balaban J connectivity index is 2.40. The number of halogens is 1. The molecule has 0 radical (unpaired) electrons. The average molecular weight is 345 g/mol. The van der Waals surface area contributed by atoms with Crippen molar-refractivity contribution >= 4 is 25.8 Å². The molecule has 1 aromatic heterocycles. The van der Waals surface area contributed by atoms with Gasteiger partial charge in [0.2, 0.25) is 11.8 Å². The molecule has 0 aliphatic rings. The Bertz CT molecular complexity index is 682. The molecule has 2 aromatic rings. The van der Waals surface area contributed by atoms with Gasteiger partial charge in [-0.05, 0) is 24.6 Å². The van der Waals surface area contributed by atoms with E-state index in [9.17, 15) is 8.42 Å². The summed E-state index contributed by atoms with van der Waals surface area (Å²) in [5, 5.41) is 7.88. The monoisotopic (exact) mass is 344 g/mol. The summed E-state index contributed by atoms with van der Waals surface area (Å²) in [4.78, 5) is 0.238. The van der Waals surface area contributed by atoms with Gasteiger partial charge in [-0.1, -0.05) is 28.9 Å². The highest BCUT2D eigenvalue weighted by atomic mass is 79.9. The van der Waals surface area contributed by atoms with E-state index in [0.717, 1.165) is 12.7 Å². The summed E-state index contributed by atoms with van der Waals surface area (Å²) in [5.41, 5.74) is 0.595. The minimum absolute atomic E-state index is 0.00633. The van der Waals surface area contributed by atoms with Crippen molar-refractivity contribution in [2.24, 2.45) is 0 Å². The van der Waals surface area contributed by atoms with Crippen LogP contribution < -0.4 is 0 Å². The molecule has 0 aliphatic heterocycles. The lowest BCUT2D eigenvalue weighted by Crippen LogP contribution is -1.96. The van der Waals surface area contributed by atoms with Gasteiger partial charge in [0.25, 0.3) is 0 Å². The van der Waals surface area contributed by atoms with Crippen molar-refractivity contribution in [3.8, 4) is 11.5 Å². The zero-order chi connectivity index (χ0) is 14.0. The van der Waals surface area contributed by atoms with Crippen molar-refractivity contribution in [1.82, 2.24) is 10.2 Å². The molecule has 1 unspecified atom stereocenters. The smallest absolute Gasteiger partial charge is 0.247 e. The fourth-order valence-electron chi connectivity index (χ4n) is 1.51. The lowest BCUT2D eigenvalue weighted by molar-refractivity contribution is 0.500. The molecule has 0 saturated carbocycles. The molecule has 5 nitrogen and oxygen atoms in total. The first kappa shape index (κ1) is 14.2. The van der Waals surface area contributed by atoms with Gasteiger partial charge in [0, 0.05) is 11.8 Å². The first-order valence-corrected chi connectivity index (χ1v) is 8.50. The first-order valence-electron chi connectivity index (χ1n) is 5.69. The molecule has 1 atom stereocenters. The molecule has 0 spiro atoms. The number of sulfone groups is 1. The summed E-state index contributed by atoms with van der Waals surface area (Å²) in [5.74, 6) is 0.806. The maximum atomic E-state index is 11.5. The van der Waals surface area contributed by atoms with Gasteiger partial charge in [-0.25, -0.2) is 8.42 Å². The topological polar surface area (TPSA) is 73.1 Å². The van der Waals surface area contributed by atoms with Crippen LogP contribution in [0.4, 0.5) is 0 Å². The van der Waals surface area contributed by atoms with Crippen LogP contribution in [0.1, 0.15) is 24.1 Å². The third-order valence-corrected chi connectivity index (χ3v) is 4.73. The average Bonchev–Trinajstić information content (AvgIpc) is 2.86. The zero-order valence-corrected chi connectivity index (χ0v) is 12.9. The Morgan fingerprint density at radius 2 is 2.11 bits per heavy atom. The summed E-state index contributed by atoms with van der Waals surface area (Å²) >= 11 is 3.42. The number of benzene rings is 1. The van der Waals surface area contributed by atoms with E-state index in [1.54, 1.807) is 12.1 Å². The molecule has 102 valence electrons. The molecule has 2 rings (SSSR count). The summed E-state index contributed by atoms with van der Waals surface area (Å²) in [6.45, 7) is 1.99. The highest BCUT2D eigenvalue weighted by molar-refractivity contribution is 9.09. The molecule has 7 heteroatoms. The molecule has 1 aromatic carbocycles. The highest BCUT2D eigenvalue weighted by Gasteiger charge is 2.16. The van der Waals surface area contributed by atoms with E-state index in [0.29, 0.717) is 17.3 Å². The van der Waals surface area contributed by atoms with Crippen LogP contribution in [0.15, 0.2) is 33.6 Å². The minimum Gasteiger partial charge on any atom is -0.419 e. The normalized spacial score (nSPS) is 13.4. The van der Waals surface area contributed by atoms with Crippen molar-refractivity contribution in [2.75, 3.05) is 6.26 Å². The van der Waals surface area contributed by atoms with Crippen LogP contribution in [-0.2, 0) is 9.84 Å². The molecule has 0 amide bonds. The van der Waals surface area contributed by atoms with Gasteiger partial charge in [-0.3, -0.25) is 0 Å². The minimum atomic E-state index is -3.25. The van der Waals surface area contributed by atoms with Crippen molar-refractivity contribution in [3.05, 3.63) is 30.2 Å². The zero-order valence-electron chi connectivity index (χ0n) is 10.5. The van der Waals surface area contributed by atoms with E-state index in [1.807, 2.05) is 6.92 Å². The molecule has 1 heterocycles. The van der Waals surface area contributed by atoms with Crippen LogP contribution in [-0.4, -0.2) is 24.9 Å². The molecule has 0 saturated heterocycles. The van der Waals surface area contributed by atoms with E-state index < -0.39 is 9.84 Å². The maximum absolute atomic E-state index is 11.5. The van der Waals surface area contributed by atoms with Gasteiger partial charge < -0.3 is 4.42 Å². The highest BCUT2D eigenvalue weighted by Crippen LogP contribution is 2.28. The van der Waals surface area contributed by atoms with Crippen molar-refractivity contribution < 1.29 is 12.8 Å². The van der Waals surface area contributed by atoms with Crippen LogP contribution in [0.25, 0.3) is 11.5 Å². The predicted molar refractivity (Wildman–Crippen MR) is 74.8 cm³/mol. The molecule has 0 aliphatic carbocycles. The Labute approximate surface area is 120 Å². The van der Waals surface area contributed by atoms with E-state index in [-0.39, 0.29) is 9.72 Å². The largest absolute Gasteiger partial charge is 0.419 e. The molecule has 19 heavy (non-hydrogen) atoms. The fraction of sp³-hybridized carbons (Fsp3) is 0.333. The third kappa shape index (κ3) is 3.22. The SMILES string of the molecule is CCC(Br)c1nnc(-c2cccc(S(C)(=O)=O)c2)o1. The van der Waals surface area contributed by atoms with Crippen molar-refractivity contribution in [1.29, 1.82) is 0 Å². The number of rotatable bonds is 4. The van der Waals surface area contributed by atoms with Gasteiger partial charge >= 0.3 is 0 Å². The molecule has 0 fully saturated rings. The Morgan fingerprint density at radius 3 is 2.74 bits per heavy atom. The Hall–Kier alpha value is -1.21. The summed E-state index contributed by atoms with van der Waals surface area (Å²) in [6.07, 6.45) is 1.99. The fourth-order valence-corrected chi connectivity index (χ4v) is 2.36. The number of nitrogens with zero attached hydrogens (tertiary/aromatic N) is 2. The van der Waals surface area contributed by atoms with Crippen LogP contribution >= 0.6 is 15.9 Å². The lowest BCUT2D eigenvalue weighted by atomic mass is 10.2. The summed E-state index contributed by atoms with van der Waals surface area (Å²) in [6, 6.07) is 6.46. The Morgan fingerprint density at radius 1 is 1.37 bits per heavy atom. The maximum Gasteiger partial charge on any atom is 0.247 e. The summed E-state index contributed by atoms with van der Waals surface area (Å²) in [7, 11) is -3.25. The van der Waals surface area contributed by atoms with Gasteiger partial charge in [0.15, 0.2) is 9.84 Å². The number of aromatic nitrogens is 2. The molecule has 0 bridgehead atoms. The molecular formula is C12H13BrN2O3S. The van der Waals surface area contributed by atoms with Gasteiger partial charge in [-0.15, -0.1) is 10.2 Å².